The molecule has 0 unspecified atom stereocenters. The Morgan fingerprint density at radius 1 is 1.47 bits per heavy atom. The summed E-state index contributed by atoms with van der Waals surface area (Å²) in [5.41, 5.74) is 6.01. The van der Waals surface area contributed by atoms with E-state index in [1.54, 1.807) is 18.5 Å². The van der Waals surface area contributed by atoms with Crippen LogP contribution < -0.4 is 16.4 Å². The number of hydrogen-bond acceptors (Lipinski definition) is 4. The third-order valence-corrected chi connectivity index (χ3v) is 2.19. The second-order valence-corrected chi connectivity index (χ2v) is 3.56. The minimum Gasteiger partial charge on any atom is -0.348 e. The number of carbonyl (C=O) groups is 2. The van der Waals surface area contributed by atoms with Gasteiger partial charge in [0.1, 0.15) is 0 Å². The lowest BCUT2D eigenvalue weighted by Crippen LogP contribution is -2.40. The first-order valence-electron chi connectivity index (χ1n) is 5.29. The van der Waals surface area contributed by atoms with Crippen LogP contribution in [0.25, 0.3) is 0 Å². The molecule has 0 aromatic carbocycles. The first kappa shape index (κ1) is 13.1. The predicted octanol–water partition coefficient (Wildman–Crippen LogP) is -0.666. The van der Waals surface area contributed by atoms with E-state index in [1.165, 1.54) is 0 Å². The van der Waals surface area contributed by atoms with Crippen LogP contribution in [-0.4, -0.2) is 29.9 Å². The maximum atomic E-state index is 11.5. The SMILES string of the molecule is C[C@@H](NC(=O)CNC(=O)CN)c1cccnc1. The highest BCUT2D eigenvalue weighted by Gasteiger charge is 2.09. The summed E-state index contributed by atoms with van der Waals surface area (Å²) in [6.07, 6.45) is 3.35. The Balaban J connectivity index is 2.39. The quantitative estimate of drug-likeness (QED) is 0.632. The maximum absolute atomic E-state index is 11.5. The molecule has 0 fully saturated rings. The van der Waals surface area contributed by atoms with Crippen LogP contribution in [0.5, 0.6) is 0 Å². The fraction of sp³-hybridized carbons (Fsp3) is 0.364. The molecule has 1 heterocycles. The van der Waals surface area contributed by atoms with E-state index < -0.39 is 0 Å². The van der Waals surface area contributed by atoms with Crippen molar-refractivity contribution in [2.75, 3.05) is 13.1 Å². The van der Waals surface area contributed by atoms with Gasteiger partial charge >= 0.3 is 0 Å². The number of nitrogens with zero attached hydrogens (tertiary/aromatic N) is 1. The zero-order chi connectivity index (χ0) is 12.7. The van der Waals surface area contributed by atoms with Gasteiger partial charge in [0.2, 0.25) is 11.8 Å². The van der Waals surface area contributed by atoms with Crippen LogP contribution in [0.2, 0.25) is 0 Å². The largest absolute Gasteiger partial charge is 0.348 e. The summed E-state index contributed by atoms with van der Waals surface area (Å²) in [4.78, 5) is 26.3. The van der Waals surface area contributed by atoms with E-state index in [4.69, 9.17) is 5.73 Å². The lowest BCUT2D eigenvalue weighted by atomic mass is 10.1. The first-order chi connectivity index (χ1) is 8.13. The van der Waals surface area contributed by atoms with Crippen LogP contribution in [0.3, 0.4) is 0 Å². The van der Waals surface area contributed by atoms with Gasteiger partial charge in [0.15, 0.2) is 0 Å². The Kier molecular flexibility index (Phi) is 5.09. The van der Waals surface area contributed by atoms with E-state index >= 15 is 0 Å². The van der Waals surface area contributed by atoms with Crippen molar-refractivity contribution in [1.29, 1.82) is 0 Å². The van der Waals surface area contributed by atoms with Crippen LogP contribution in [0.1, 0.15) is 18.5 Å². The molecule has 0 saturated carbocycles. The third-order valence-electron chi connectivity index (χ3n) is 2.19. The Morgan fingerprint density at radius 3 is 2.82 bits per heavy atom. The number of rotatable bonds is 5. The molecule has 1 aromatic rings. The summed E-state index contributed by atoms with van der Waals surface area (Å²) in [5, 5.41) is 5.14. The second kappa shape index (κ2) is 6.59. The lowest BCUT2D eigenvalue weighted by Gasteiger charge is -2.13. The van der Waals surface area contributed by atoms with E-state index in [2.05, 4.69) is 15.6 Å². The number of nitrogens with one attached hydrogen (secondary N) is 2. The zero-order valence-corrected chi connectivity index (χ0v) is 9.64. The topological polar surface area (TPSA) is 97.1 Å². The van der Waals surface area contributed by atoms with Gasteiger partial charge in [0.05, 0.1) is 19.1 Å². The molecule has 0 radical (unpaired) electrons. The molecule has 1 aromatic heterocycles. The normalized spacial score (nSPS) is 11.6. The maximum Gasteiger partial charge on any atom is 0.239 e. The molecule has 0 spiro atoms. The van der Waals surface area contributed by atoms with Crippen LogP contribution in [0, 0.1) is 0 Å². The van der Waals surface area contributed by atoms with Gasteiger partial charge in [-0.1, -0.05) is 6.07 Å². The first-order valence-corrected chi connectivity index (χ1v) is 5.29. The summed E-state index contributed by atoms with van der Waals surface area (Å²) < 4.78 is 0. The van der Waals surface area contributed by atoms with Crippen LogP contribution in [0.4, 0.5) is 0 Å². The Morgan fingerprint density at radius 2 is 2.24 bits per heavy atom. The molecule has 92 valence electrons. The van der Waals surface area contributed by atoms with Crippen LogP contribution >= 0.6 is 0 Å². The molecule has 1 rings (SSSR count). The highest BCUT2D eigenvalue weighted by molar-refractivity contribution is 5.85. The van der Waals surface area contributed by atoms with Gasteiger partial charge in [-0.2, -0.15) is 0 Å². The molecule has 0 aliphatic heterocycles. The molecule has 1 atom stereocenters. The smallest absolute Gasteiger partial charge is 0.239 e. The van der Waals surface area contributed by atoms with E-state index in [0.29, 0.717) is 0 Å². The van der Waals surface area contributed by atoms with E-state index in [-0.39, 0.29) is 30.9 Å². The van der Waals surface area contributed by atoms with E-state index in [9.17, 15) is 9.59 Å². The molecule has 2 amide bonds. The number of aromatic nitrogens is 1. The van der Waals surface area contributed by atoms with E-state index in [1.807, 2.05) is 13.0 Å². The van der Waals surface area contributed by atoms with Crippen molar-refractivity contribution in [2.24, 2.45) is 5.73 Å². The Bertz CT molecular complexity index is 380. The van der Waals surface area contributed by atoms with Crippen molar-refractivity contribution >= 4 is 11.8 Å². The number of hydrogen-bond donors (Lipinski definition) is 3. The van der Waals surface area contributed by atoms with Crippen molar-refractivity contribution in [1.82, 2.24) is 15.6 Å². The van der Waals surface area contributed by atoms with Gasteiger partial charge in [-0.15, -0.1) is 0 Å². The molecule has 0 aliphatic rings. The summed E-state index contributed by atoms with van der Waals surface area (Å²) in [5.74, 6) is -0.614. The zero-order valence-electron chi connectivity index (χ0n) is 9.64. The number of nitrogens with two attached hydrogens (primary N) is 1. The monoisotopic (exact) mass is 236 g/mol. The summed E-state index contributed by atoms with van der Waals surface area (Å²) in [6.45, 7) is 1.66. The lowest BCUT2D eigenvalue weighted by molar-refractivity contribution is -0.125. The summed E-state index contributed by atoms with van der Waals surface area (Å²) in [6, 6.07) is 3.52. The average Bonchev–Trinajstić information content (AvgIpc) is 2.36. The second-order valence-electron chi connectivity index (χ2n) is 3.56. The van der Waals surface area contributed by atoms with Crippen molar-refractivity contribution in [3.05, 3.63) is 30.1 Å². The fourth-order valence-corrected chi connectivity index (χ4v) is 1.26. The number of pyridine rings is 1. The molecule has 0 aliphatic carbocycles. The summed E-state index contributed by atoms with van der Waals surface area (Å²) in [7, 11) is 0. The molecule has 0 saturated heterocycles. The van der Waals surface area contributed by atoms with Crippen molar-refractivity contribution < 1.29 is 9.59 Å². The molecule has 4 N–H and O–H groups in total. The van der Waals surface area contributed by atoms with Crippen molar-refractivity contribution in [3.8, 4) is 0 Å². The molecule has 6 heteroatoms. The van der Waals surface area contributed by atoms with Crippen molar-refractivity contribution in [2.45, 2.75) is 13.0 Å². The van der Waals surface area contributed by atoms with E-state index in [0.717, 1.165) is 5.56 Å². The number of carbonyl (C=O) groups excluding carboxylic acids is 2. The molecule has 0 bridgehead atoms. The van der Waals surface area contributed by atoms with Gasteiger partial charge < -0.3 is 16.4 Å². The number of amides is 2. The predicted molar refractivity (Wildman–Crippen MR) is 62.9 cm³/mol. The highest BCUT2D eigenvalue weighted by atomic mass is 16.2. The average molecular weight is 236 g/mol. The standard InChI is InChI=1S/C11H16N4O2/c1-8(9-3-2-4-13-6-9)15-11(17)7-14-10(16)5-12/h2-4,6,8H,5,7,12H2,1H3,(H,14,16)(H,15,17)/t8-/m1/s1. The van der Waals surface area contributed by atoms with Gasteiger partial charge in [0, 0.05) is 12.4 Å². The highest BCUT2D eigenvalue weighted by Crippen LogP contribution is 2.08. The minimum absolute atomic E-state index is 0.0688. The third kappa shape index (κ3) is 4.60. The molecule has 6 nitrogen and oxygen atoms in total. The summed E-state index contributed by atoms with van der Waals surface area (Å²) >= 11 is 0. The van der Waals surface area contributed by atoms with Gasteiger partial charge in [-0.25, -0.2) is 0 Å². The van der Waals surface area contributed by atoms with Crippen molar-refractivity contribution in [3.63, 3.8) is 0 Å². The Hall–Kier alpha value is -1.95. The molecular formula is C11H16N4O2. The molecular weight excluding hydrogens is 220 g/mol. The van der Waals surface area contributed by atoms with Gasteiger partial charge in [-0.05, 0) is 18.6 Å². The fourth-order valence-electron chi connectivity index (χ4n) is 1.26. The van der Waals surface area contributed by atoms with Gasteiger partial charge in [-0.3, -0.25) is 14.6 Å². The van der Waals surface area contributed by atoms with Crippen LogP contribution in [-0.2, 0) is 9.59 Å². The van der Waals surface area contributed by atoms with Gasteiger partial charge in [0.25, 0.3) is 0 Å². The minimum atomic E-state index is -0.353. The Labute approximate surface area is 99.6 Å². The molecule has 17 heavy (non-hydrogen) atoms. The van der Waals surface area contributed by atoms with Crippen LogP contribution in [0.15, 0.2) is 24.5 Å².